The molecule has 1 amide bonds. The zero-order chi connectivity index (χ0) is 22.5. The number of halogens is 4. The second-order valence-corrected chi connectivity index (χ2v) is 6.86. The van der Waals surface area contributed by atoms with E-state index in [1.54, 1.807) is 26.0 Å². The number of amides is 1. The van der Waals surface area contributed by atoms with E-state index in [0.717, 1.165) is 0 Å². The molecule has 164 valence electrons. The number of alkyl halides is 2. The maximum atomic E-state index is 14.1. The van der Waals surface area contributed by atoms with Gasteiger partial charge in [-0.15, -0.1) is 0 Å². The lowest BCUT2D eigenvalue weighted by molar-refractivity contribution is -0.0514. The number of aromatic nitrogens is 2. The average Bonchev–Trinajstić information content (AvgIpc) is 3.04. The van der Waals surface area contributed by atoms with Crippen molar-refractivity contribution in [2.45, 2.75) is 27.0 Å². The van der Waals surface area contributed by atoms with E-state index in [2.05, 4.69) is 15.2 Å². The van der Waals surface area contributed by atoms with E-state index in [0.29, 0.717) is 5.69 Å². The van der Waals surface area contributed by atoms with Crippen LogP contribution in [0.15, 0.2) is 42.5 Å². The fraction of sp³-hybridized carbons (Fsp3) is 0.238. The maximum absolute atomic E-state index is 14.1. The second kappa shape index (κ2) is 9.74. The lowest BCUT2D eigenvalue weighted by Crippen LogP contribution is -2.14. The molecule has 10 heteroatoms. The topological polar surface area (TPSA) is 65.4 Å². The van der Waals surface area contributed by atoms with Gasteiger partial charge in [-0.05, 0) is 44.2 Å². The van der Waals surface area contributed by atoms with Crippen LogP contribution in [0.4, 0.5) is 19.0 Å². The average molecular weight is 454 g/mol. The smallest absolute Gasteiger partial charge is 0.387 e. The first-order chi connectivity index (χ1) is 14.8. The van der Waals surface area contributed by atoms with Crippen LogP contribution in [0.3, 0.4) is 0 Å². The summed E-state index contributed by atoms with van der Waals surface area (Å²) < 4.78 is 50.3. The maximum Gasteiger partial charge on any atom is 0.387 e. The van der Waals surface area contributed by atoms with Gasteiger partial charge in [0.2, 0.25) is 0 Å². The van der Waals surface area contributed by atoms with E-state index < -0.39 is 18.3 Å². The number of nitrogens with zero attached hydrogens (tertiary/aromatic N) is 2. The summed E-state index contributed by atoms with van der Waals surface area (Å²) in [6, 6.07) is 9.88. The molecule has 0 bridgehead atoms. The molecule has 0 unspecified atom stereocenters. The van der Waals surface area contributed by atoms with Crippen LogP contribution < -0.4 is 14.8 Å². The summed E-state index contributed by atoms with van der Waals surface area (Å²) in [5.74, 6) is -0.900. The number of carbonyl (C=O) groups excluding carboxylic acids is 1. The zero-order valence-corrected chi connectivity index (χ0v) is 17.4. The normalized spacial score (nSPS) is 10.9. The molecule has 0 aliphatic heterocycles. The van der Waals surface area contributed by atoms with E-state index in [9.17, 15) is 18.0 Å². The summed E-state index contributed by atoms with van der Waals surface area (Å²) in [4.78, 5) is 12.6. The number of nitrogens with one attached hydrogen (secondary N) is 1. The van der Waals surface area contributed by atoms with Crippen molar-refractivity contribution in [2.75, 3.05) is 11.9 Å². The highest BCUT2D eigenvalue weighted by Crippen LogP contribution is 2.30. The molecule has 1 heterocycles. The Labute approximate surface area is 181 Å². The van der Waals surface area contributed by atoms with Gasteiger partial charge in [0.25, 0.3) is 5.91 Å². The molecule has 0 aliphatic rings. The van der Waals surface area contributed by atoms with Crippen LogP contribution in [0.1, 0.15) is 28.5 Å². The van der Waals surface area contributed by atoms with Crippen molar-refractivity contribution < 1.29 is 27.4 Å². The summed E-state index contributed by atoms with van der Waals surface area (Å²) >= 11 is 6.07. The van der Waals surface area contributed by atoms with Crippen molar-refractivity contribution in [3.8, 4) is 11.5 Å². The first kappa shape index (κ1) is 22.5. The number of rotatable bonds is 8. The molecule has 0 spiro atoms. The number of aryl methyl sites for hydroxylation is 1. The molecule has 1 N–H and O–H groups in total. The first-order valence-corrected chi connectivity index (χ1v) is 9.66. The Morgan fingerprint density at radius 1 is 1.23 bits per heavy atom. The van der Waals surface area contributed by atoms with Crippen molar-refractivity contribution in [2.24, 2.45) is 0 Å². The summed E-state index contributed by atoms with van der Waals surface area (Å²) in [6.45, 7) is 0.694. The Morgan fingerprint density at radius 2 is 2.00 bits per heavy atom. The van der Waals surface area contributed by atoms with Gasteiger partial charge in [0.15, 0.2) is 17.3 Å². The SMILES string of the molecule is CCOc1cc(C(=O)Nc2cc(C)n(Cc3c(F)cccc3Cl)n2)ccc1OC(F)F. The van der Waals surface area contributed by atoms with Gasteiger partial charge < -0.3 is 14.8 Å². The fourth-order valence-electron chi connectivity index (χ4n) is 2.86. The molecule has 0 saturated heterocycles. The van der Waals surface area contributed by atoms with Crippen LogP contribution in [-0.4, -0.2) is 28.9 Å². The van der Waals surface area contributed by atoms with Crippen molar-refractivity contribution >= 4 is 23.3 Å². The molecule has 0 saturated carbocycles. The Morgan fingerprint density at radius 3 is 2.68 bits per heavy atom. The largest absolute Gasteiger partial charge is 0.490 e. The fourth-order valence-corrected chi connectivity index (χ4v) is 3.09. The van der Waals surface area contributed by atoms with Crippen LogP contribution in [0, 0.1) is 12.7 Å². The predicted octanol–water partition coefficient (Wildman–Crippen LogP) is 5.28. The van der Waals surface area contributed by atoms with E-state index in [1.165, 1.54) is 35.0 Å². The molecular formula is C21H19ClF3N3O3. The van der Waals surface area contributed by atoms with Crippen molar-refractivity contribution in [3.63, 3.8) is 0 Å². The summed E-state index contributed by atoms with van der Waals surface area (Å²) in [5.41, 5.74) is 1.11. The van der Waals surface area contributed by atoms with E-state index in [4.69, 9.17) is 16.3 Å². The van der Waals surface area contributed by atoms with Gasteiger partial charge in [0, 0.05) is 27.9 Å². The van der Waals surface area contributed by atoms with Gasteiger partial charge in [0.1, 0.15) is 5.82 Å². The summed E-state index contributed by atoms with van der Waals surface area (Å²) in [5, 5.41) is 7.17. The highest BCUT2D eigenvalue weighted by Gasteiger charge is 2.17. The van der Waals surface area contributed by atoms with E-state index in [-0.39, 0.29) is 46.6 Å². The Hall–Kier alpha value is -3.20. The van der Waals surface area contributed by atoms with Crippen molar-refractivity contribution in [1.82, 2.24) is 9.78 Å². The number of carbonyl (C=O) groups is 1. The molecule has 6 nitrogen and oxygen atoms in total. The molecule has 0 fully saturated rings. The lowest BCUT2D eigenvalue weighted by atomic mass is 10.2. The lowest BCUT2D eigenvalue weighted by Gasteiger charge is -2.12. The number of benzene rings is 2. The molecule has 0 atom stereocenters. The third-order valence-electron chi connectivity index (χ3n) is 4.31. The van der Waals surface area contributed by atoms with Gasteiger partial charge in [0.05, 0.1) is 13.2 Å². The summed E-state index contributed by atoms with van der Waals surface area (Å²) in [6.07, 6.45) is 0. The Kier molecular flexibility index (Phi) is 7.06. The van der Waals surface area contributed by atoms with Crippen molar-refractivity contribution in [3.05, 3.63) is 70.1 Å². The van der Waals surface area contributed by atoms with E-state index >= 15 is 0 Å². The Bertz CT molecular complexity index is 1070. The molecule has 1 aromatic heterocycles. The highest BCUT2D eigenvalue weighted by atomic mass is 35.5. The predicted molar refractivity (Wildman–Crippen MR) is 110 cm³/mol. The molecule has 2 aromatic carbocycles. The molecule has 0 radical (unpaired) electrons. The van der Waals surface area contributed by atoms with Crippen LogP contribution in [0.5, 0.6) is 11.5 Å². The molecule has 3 rings (SSSR count). The van der Waals surface area contributed by atoms with Gasteiger partial charge >= 0.3 is 6.61 Å². The third kappa shape index (κ3) is 5.49. The van der Waals surface area contributed by atoms with Gasteiger partial charge in [-0.3, -0.25) is 9.48 Å². The highest BCUT2D eigenvalue weighted by molar-refractivity contribution is 6.31. The zero-order valence-electron chi connectivity index (χ0n) is 16.7. The van der Waals surface area contributed by atoms with Crippen LogP contribution in [-0.2, 0) is 6.54 Å². The minimum atomic E-state index is -3.02. The molecule has 0 aliphatic carbocycles. The van der Waals surface area contributed by atoms with E-state index in [1.807, 2.05) is 0 Å². The molecule has 3 aromatic rings. The quantitative estimate of drug-likeness (QED) is 0.503. The van der Waals surface area contributed by atoms with Gasteiger partial charge in [-0.2, -0.15) is 13.9 Å². The molecular weight excluding hydrogens is 435 g/mol. The van der Waals surface area contributed by atoms with Crippen LogP contribution in [0.2, 0.25) is 5.02 Å². The van der Waals surface area contributed by atoms with Crippen LogP contribution >= 0.6 is 11.6 Å². The first-order valence-electron chi connectivity index (χ1n) is 9.28. The standard InChI is InChI=1S/C21H19ClF3N3O3/c1-3-30-18-10-13(7-8-17(18)31-21(24)25)20(29)26-19-9-12(2)28(27-19)11-14-15(22)5-4-6-16(14)23/h4-10,21H,3,11H2,1-2H3,(H,26,27,29). The number of anilines is 1. The van der Waals surface area contributed by atoms with Gasteiger partial charge in [-0.25, -0.2) is 4.39 Å². The van der Waals surface area contributed by atoms with Crippen molar-refractivity contribution in [1.29, 1.82) is 0 Å². The summed E-state index contributed by atoms with van der Waals surface area (Å²) in [7, 11) is 0. The second-order valence-electron chi connectivity index (χ2n) is 6.46. The van der Waals surface area contributed by atoms with Crippen LogP contribution in [0.25, 0.3) is 0 Å². The Balaban J connectivity index is 1.78. The number of hydrogen-bond donors (Lipinski definition) is 1. The number of ether oxygens (including phenoxy) is 2. The molecule has 31 heavy (non-hydrogen) atoms. The minimum absolute atomic E-state index is 0.0198. The minimum Gasteiger partial charge on any atom is -0.490 e. The van der Waals surface area contributed by atoms with Gasteiger partial charge in [-0.1, -0.05) is 17.7 Å². The number of hydrogen-bond acceptors (Lipinski definition) is 4. The monoisotopic (exact) mass is 453 g/mol. The third-order valence-corrected chi connectivity index (χ3v) is 4.67.